The van der Waals surface area contributed by atoms with Gasteiger partial charge in [-0.1, -0.05) is 12.1 Å². The average molecular weight is 178 g/mol. The van der Waals surface area contributed by atoms with Gasteiger partial charge in [-0.15, -0.1) is 0 Å². The lowest BCUT2D eigenvalue weighted by Crippen LogP contribution is -2.14. The van der Waals surface area contributed by atoms with Crippen LogP contribution in [0.1, 0.15) is 5.56 Å². The van der Waals surface area contributed by atoms with E-state index in [0.29, 0.717) is 12.3 Å². The van der Waals surface area contributed by atoms with Gasteiger partial charge in [-0.3, -0.25) is 4.99 Å². The molecule has 0 aliphatic carbocycles. The minimum atomic E-state index is 0.644. The van der Waals surface area contributed by atoms with Crippen LogP contribution in [-0.2, 0) is 6.42 Å². The molecule has 2 N–H and O–H groups in total. The molecule has 13 heavy (non-hydrogen) atoms. The normalized spacial score (nSPS) is 11.4. The zero-order valence-electron chi connectivity index (χ0n) is 7.95. The van der Waals surface area contributed by atoms with Gasteiger partial charge in [0.1, 0.15) is 5.75 Å². The summed E-state index contributed by atoms with van der Waals surface area (Å²) in [7, 11) is 3.34. The smallest absolute Gasteiger partial charge is 0.118 e. The molecule has 0 heterocycles. The Bertz CT molecular complexity index is 290. The van der Waals surface area contributed by atoms with E-state index in [0.717, 1.165) is 11.3 Å². The lowest BCUT2D eigenvalue weighted by atomic mass is 10.1. The van der Waals surface area contributed by atoms with Crippen molar-refractivity contribution in [3.63, 3.8) is 0 Å². The van der Waals surface area contributed by atoms with E-state index in [1.54, 1.807) is 14.2 Å². The number of hydrogen-bond donors (Lipinski definition) is 1. The molecule has 1 rings (SSSR count). The van der Waals surface area contributed by atoms with E-state index in [9.17, 15) is 0 Å². The molecule has 70 valence electrons. The monoisotopic (exact) mass is 178 g/mol. The molecule has 0 spiro atoms. The maximum atomic E-state index is 5.59. The fourth-order valence-corrected chi connectivity index (χ4v) is 1.03. The van der Waals surface area contributed by atoms with Crippen molar-refractivity contribution in [3.05, 3.63) is 29.8 Å². The highest BCUT2D eigenvalue weighted by Gasteiger charge is 1.96. The Morgan fingerprint density at radius 3 is 2.46 bits per heavy atom. The molecule has 0 atom stereocenters. The first kappa shape index (κ1) is 9.58. The van der Waals surface area contributed by atoms with E-state index in [-0.39, 0.29) is 0 Å². The number of methoxy groups -OCH3 is 1. The molecule has 0 aromatic heterocycles. The van der Waals surface area contributed by atoms with Crippen molar-refractivity contribution in [3.8, 4) is 5.75 Å². The molecule has 0 fully saturated rings. The summed E-state index contributed by atoms with van der Waals surface area (Å²) < 4.78 is 5.04. The zero-order valence-corrected chi connectivity index (χ0v) is 7.95. The van der Waals surface area contributed by atoms with Crippen molar-refractivity contribution in [2.24, 2.45) is 10.7 Å². The van der Waals surface area contributed by atoms with Crippen LogP contribution in [0.15, 0.2) is 29.3 Å². The number of ether oxygens (including phenoxy) is 1. The molecule has 0 bridgehead atoms. The topological polar surface area (TPSA) is 47.6 Å². The van der Waals surface area contributed by atoms with Gasteiger partial charge < -0.3 is 10.5 Å². The Morgan fingerprint density at radius 1 is 1.38 bits per heavy atom. The number of rotatable bonds is 3. The molecule has 0 amide bonds. The van der Waals surface area contributed by atoms with Crippen molar-refractivity contribution < 1.29 is 4.74 Å². The Morgan fingerprint density at radius 2 is 2.00 bits per heavy atom. The van der Waals surface area contributed by atoms with Crippen molar-refractivity contribution in [2.75, 3.05) is 14.2 Å². The number of nitrogens with two attached hydrogens (primary N) is 1. The fraction of sp³-hybridized carbons (Fsp3) is 0.300. The van der Waals surface area contributed by atoms with E-state index in [4.69, 9.17) is 10.5 Å². The molecular weight excluding hydrogens is 164 g/mol. The highest BCUT2D eigenvalue weighted by Crippen LogP contribution is 2.11. The molecule has 3 heteroatoms. The van der Waals surface area contributed by atoms with Crippen LogP contribution in [0, 0.1) is 0 Å². The molecule has 1 aromatic rings. The van der Waals surface area contributed by atoms with Crippen molar-refractivity contribution in [2.45, 2.75) is 6.42 Å². The van der Waals surface area contributed by atoms with Crippen LogP contribution in [-0.4, -0.2) is 20.0 Å². The molecule has 0 aliphatic heterocycles. The quantitative estimate of drug-likeness (QED) is 0.559. The van der Waals surface area contributed by atoms with Gasteiger partial charge in [0.15, 0.2) is 0 Å². The van der Waals surface area contributed by atoms with Crippen LogP contribution in [0.3, 0.4) is 0 Å². The summed E-state index contributed by atoms with van der Waals surface area (Å²) in [6.45, 7) is 0. The number of aliphatic imine (C=N–C) groups is 1. The van der Waals surface area contributed by atoms with Crippen molar-refractivity contribution >= 4 is 5.84 Å². The van der Waals surface area contributed by atoms with E-state index >= 15 is 0 Å². The predicted molar refractivity (Wildman–Crippen MR) is 54.2 cm³/mol. The van der Waals surface area contributed by atoms with Crippen LogP contribution in [0.5, 0.6) is 5.75 Å². The standard InChI is InChI=1S/C10H14N2O/c1-12-10(11)7-8-3-5-9(13-2)6-4-8/h3-6H,7H2,1-2H3,(H2,11,12). The second-order valence-electron chi connectivity index (χ2n) is 2.74. The highest BCUT2D eigenvalue weighted by atomic mass is 16.5. The van der Waals surface area contributed by atoms with E-state index in [2.05, 4.69) is 4.99 Å². The van der Waals surface area contributed by atoms with Gasteiger partial charge in [-0.2, -0.15) is 0 Å². The van der Waals surface area contributed by atoms with Gasteiger partial charge >= 0.3 is 0 Å². The molecule has 1 aromatic carbocycles. The van der Waals surface area contributed by atoms with Gasteiger partial charge in [0.25, 0.3) is 0 Å². The third-order valence-electron chi connectivity index (χ3n) is 1.83. The summed E-state index contributed by atoms with van der Waals surface area (Å²) in [6.07, 6.45) is 0.695. The van der Waals surface area contributed by atoms with Crippen LogP contribution < -0.4 is 10.5 Å². The van der Waals surface area contributed by atoms with Crippen LogP contribution in [0.2, 0.25) is 0 Å². The molecule has 0 saturated carbocycles. The summed E-state index contributed by atoms with van der Waals surface area (Å²) in [4.78, 5) is 3.89. The first-order valence-electron chi connectivity index (χ1n) is 4.10. The third kappa shape index (κ3) is 2.78. The SMILES string of the molecule is CN=C(N)Cc1ccc(OC)cc1. The molecule has 0 saturated heterocycles. The number of nitrogens with zero attached hydrogens (tertiary/aromatic N) is 1. The first-order valence-corrected chi connectivity index (χ1v) is 4.10. The summed E-state index contributed by atoms with van der Waals surface area (Å²) in [6, 6.07) is 7.80. The van der Waals surface area contributed by atoms with Crippen LogP contribution in [0.25, 0.3) is 0 Å². The van der Waals surface area contributed by atoms with Gasteiger partial charge in [0.2, 0.25) is 0 Å². The maximum Gasteiger partial charge on any atom is 0.118 e. The van der Waals surface area contributed by atoms with Crippen molar-refractivity contribution in [1.82, 2.24) is 0 Å². The summed E-state index contributed by atoms with van der Waals surface area (Å²) in [5.74, 6) is 1.50. The van der Waals surface area contributed by atoms with Crippen LogP contribution >= 0.6 is 0 Å². The molecule has 3 nitrogen and oxygen atoms in total. The van der Waals surface area contributed by atoms with Gasteiger partial charge in [-0.05, 0) is 17.7 Å². The molecule has 0 radical (unpaired) electrons. The largest absolute Gasteiger partial charge is 0.497 e. The van der Waals surface area contributed by atoms with E-state index in [1.807, 2.05) is 24.3 Å². The molecular formula is C10H14N2O. The maximum absolute atomic E-state index is 5.59. The minimum Gasteiger partial charge on any atom is -0.497 e. The second kappa shape index (κ2) is 4.50. The number of amidine groups is 1. The van der Waals surface area contributed by atoms with E-state index < -0.39 is 0 Å². The van der Waals surface area contributed by atoms with Gasteiger partial charge in [0, 0.05) is 13.5 Å². The molecule has 0 aliphatic rings. The Labute approximate surface area is 78.2 Å². The van der Waals surface area contributed by atoms with E-state index in [1.165, 1.54) is 0 Å². The second-order valence-corrected chi connectivity index (χ2v) is 2.74. The summed E-state index contributed by atoms with van der Waals surface area (Å²) in [5.41, 5.74) is 6.74. The first-order chi connectivity index (χ1) is 6.26. The summed E-state index contributed by atoms with van der Waals surface area (Å²) >= 11 is 0. The van der Waals surface area contributed by atoms with Gasteiger partial charge in [0.05, 0.1) is 12.9 Å². The van der Waals surface area contributed by atoms with Crippen molar-refractivity contribution in [1.29, 1.82) is 0 Å². The lowest BCUT2D eigenvalue weighted by molar-refractivity contribution is 0.414. The molecule has 0 unspecified atom stereocenters. The van der Waals surface area contributed by atoms with Crippen LogP contribution in [0.4, 0.5) is 0 Å². The summed E-state index contributed by atoms with van der Waals surface area (Å²) in [5, 5.41) is 0. The lowest BCUT2D eigenvalue weighted by Gasteiger charge is -2.02. The van der Waals surface area contributed by atoms with Gasteiger partial charge in [-0.25, -0.2) is 0 Å². The third-order valence-corrected chi connectivity index (χ3v) is 1.83. The number of hydrogen-bond acceptors (Lipinski definition) is 2. The predicted octanol–water partition coefficient (Wildman–Crippen LogP) is 1.22. The zero-order chi connectivity index (χ0) is 9.68. The average Bonchev–Trinajstić information content (AvgIpc) is 2.19. The highest BCUT2D eigenvalue weighted by molar-refractivity contribution is 5.82. The minimum absolute atomic E-state index is 0.644. The Balaban J connectivity index is 2.69. The Hall–Kier alpha value is -1.51. The fourth-order valence-electron chi connectivity index (χ4n) is 1.03. The number of benzene rings is 1. The Kier molecular flexibility index (Phi) is 3.31.